The molecule has 1 N–H and O–H groups in total. The van der Waals surface area contributed by atoms with Crippen molar-refractivity contribution in [3.05, 3.63) is 48.3 Å². The zero-order chi connectivity index (χ0) is 11.4. The van der Waals surface area contributed by atoms with Crippen LogP contribution in [0, 0.1) is 5.82 Å². The molecule has 16 heavy (non-hydrogen) atoms. The van der Waals surface area contributed by atoms with Crippen molar-refractivity contribution in [1.82, 2.24) is 15.3 Å². The van der Waals surface area contributed by atoms with Gasteiger partial charge in [0.1, 0.15) is 12.1 Å². The summed E-state index contributed by atoms with van der Waals surface area (Å²) >= 11 is 0. The summed E-state index contributed by atoms with van der Waals surface area (Å²) in [6.45, 7) is 0.525. The molecule has 0 bridgehead atoms. The third-order valence-corrected chi connectivity index (χ3v) is 2.31. The van der Waals surface area contributed by atoms with Gasteiger partial charge in [-0.1, -0.05) is 12.1 Å². The maximum Gasteiger partial charge on any atom is 0.128 e. The van der Waals surface area contributed by atoms with Gasteiger partial charge in [-0.25, -0.2) is 14.4 Å². The Morgan fingerprint density at radius 2 is 1.94 bits per heavy atom. The quantitative estimate of drug-likeness (QED) is 0.854. The summed E-state index contributed by atoms with van der Waals surface area (Å²) in [6.07, 6.45) is 4.79. The van der Waals surface area contributed by atoms with Gasteiger partial charge in [-0.3, -0.25) is 0 Å². The van der Waals surface area contributed by atoms with E-state index in [0.29, 0.717) is 12.1 Å². The Bertz CT molecular complexity index is 471. The first-order chi connectivity index (χ1) is 7.81. The van der Waals surface area contributed by atoms with Crippen molar-refractivity contribution in [2.75, 3.05) is 7.05 Å². The lowest BCUT2D eigenvalue weighted by atomic mass is 10.1. The van der Waals surface area contributed by atoms with Gasteiger partial charge in [0.05, 0.1) is 0 Å². The fourth-order valence-corrected chi connectivity index (χ4v) is 1.51. The molecule has 0 saturated heterocycles. The van der Waals surface area contributed by atoms with E-state index in [1.807, 2.05) is 6.07 Å². The minimum absolute atomic E-state index is 0.212. The zero-order valence-corrected chi connectivity index (χ0v) is 8.94. The van der Waals surface area contributed by atoms with Crippen LogP contribution in [-0.4, -0.2) is 17.0 Å². The Labute approximate surface area is 93.4 Å². The number of halogens is 1. The third-order valence-electron chi connectivity index (χ3n) is 2.31. The number of hydrogen-bond donors (Lipinski definition) is 1. The van der Waals surface area contributed by atoms with Gasteiger partial charge in [-0.2, -0.15) is 0 Å². The van der Waals surface area contributed by atoms with E-state index < -0.39 is 0 Å². The summed E-state index contributed by atoms with van der Waals surface area (Å²) in [5.41, 5.74) is 2.26. The molecule has 0 atom stereocenters. The number of nitrogens with one attached hydrogen (secondary N) is 1. The predicted molar refractivity (Wildman–Crippen MR) is 60.2 cm³/mol. The molecule has 0 aliphatic rings. The van der Waals surface area contributed by atoms with Crippen molar-refractivity contribution < 1.29 is 4.39 Å². The molecule has 1 heterocycles. The molecule has 0 aliphatic heterocycles. The van der Waals surface area contributed by atoms with E-state index in [2.05, 4.69) is 15.3 Å². The first-order valence-corrected chi connectivity index (χ1v) is 4.99. The summed E-state index contributed by atoms with van der Waals surface area (Å²) < 4.78 is 13.6. The van der Waals surface area contributed by atoms with Crippen LogP contribution in [0.5, 0.6) is 0 Å². The minimum atomic E-state index is -0.212. The molecule has 1 aromatic heterocycles. The van der Waals surface area contributed by atoms with Crippen molar-refractivity contribution in [2.24, 2.45) is 0 Å². The van der Waals surface area contributed by atoms with E-state index in [9.17, 15) is 4.39 Å². The molecular formula is C12H12FN3. The average molecular weight is 217 g/mol. The van der Waals surface area contributed by atoms with Gasteiger partial charge in [-0.15, -0.1) is 0 Å². The van der Waals surface area contributed by atoms with Gasteiger partial charge in [0.25, 0.3) is 0 Å². The lowest BCUT2D eigenvalue weighted by Crippen LogP contribution is -2.06. The predicted octanol–water partition coefficient (Wildman–Crippen LogP) is 2.00. The lowest BCUT2D eigenvalue weighted by Gasteiger charge is -2.05. The molecule has 0 amide bonds. The fraction of sp³-hybridized carbons (Fsp3) is 0.167. The van der Waals surface area contributed by atoms with E-state index in [-0.39, 0.29) is 5.82 Å². The van der Waals surface area contributed by atoms with E-state index in [1.165, 1.54) is 12.4 Å². The zero-order valence-electron chi connectivity index (χ0n) is 8.94. The number of hydrogen-bond acceptors (Lipinski definition) is 3. The number of nitrogens with zero attached hydrogens (tertiary/aromatic N) is 2. The highest BCUT2D eigenvalue weighted by molar-refractivity contribution is 5.61. The largest absolute Gasteiger partial charge is 0.316 e. The second-order valence-corrected chi connectivity index (χ2v) is 3.46. The second kappa shape index (κ2) is 4.81. The molecule has 2 aromatic rings. The first kappa shape index (κ1) is 10.7. The number of aromatic nitrogens is 2. The molecule has 82 valence electrons. The molecule has 4 heteroatoms. The highest BCUT2D eigenvalue weighted by Crippen LogP contribution is 2.20. The molecule has 3 nitrogen and oxygen atoms in total. The van der Waals surface area contributed by atoms with Crippen LogP contribution >= 0.6 is 0 Å². The Hall–Kier alpha value is -1.81. The Morgan fingerprint density at radius 1 is 1.19 bits per heavy atom. The molecule has 0 unspecified atom stereocenters. The SMILES string of the molecule is CNCc1ccc(-c2cncnc2)cc1F. The highest BCUT2D eigenvalue weighted by atomic mass is 19.1. The maximum atomic E-state index is 13.6. The molecule has 0 spiro atoms. The average Bonchev–Trinajstić information content (AvgIpc) is 2.33. The normalized spacial score (nSPS) is 10.4. The molecule has 0 radical (unpaired) electrons. The highest BCUT2D eigenvalue weighted by Gasteiger charge is 2.04. The van der Waals surface area contributed by atoms with Crippen LogP contribution in [0.3, 0.4) is 0 Å². The minimum Gasteiger partial charge on any atom is -0.316 e. The van der Waals surface area contributed by atoms with Crippen molar-refractivity contribution in [3.8, 4) is 11.1 Å². The standard InChI is InChI=1S/C12H12FN3/c1-14-5-10-3-2-9(4-12(10)13)11-6-15-8-16-7-11/h2-4,6-8,14H,5H2,1H3. The first-order valence-electron chi connectivity index (χ1n) is 4.99. The molecule has 0 fully saturated rings. The smallest absolute Gasteiger partial charge is 0.128 e. The van der Waals surface area contributed by atoms with Gasteiger partial charge in [-0.05, 0) is 18.7 Å². The summed E-state index contributed by atoms with van der Waals surface area (Å²) in [7, 11) is 1.79. The van der Waals surface area contributed by atoms with Gasteiger partial charge in [0, 0.05) is 30.1 Å². The van der Waals surface area contributed by atoms with E-state index in [1.54, 1.807) is 25.5 Å². The van der Waals surface area contributed by atoms with Gasteiger partial charge >= 0.3 is 0 Å². The van der Waals surface area contributed by atoms with Crippen LogP contribution in [0.25, 0.3) is 11.1 Å². The summed E-state index contributed by atoms with van der Waals surface area (Å²) in [5, 5.41) is 2.92. The summed E-state index contributed by atoms with van der Waals surface area (Å²) in [5.74, 6) is -0.212. The van der Waals surface area contributed by atoms with Crippen LogP contribution in [0.15, 0.2) is 36.9 Å². The van der Waals surface area contributed by atoms with Crippen LogP contribution in [0.2, 0.25) is 0 Å². The topological polar surface area (TPSA) is 37.8 Å². The van der Waals surface area contributed by atoms with Crippen molar-refractivity contribution in [2.45, 2.75) is 6.54 Å². The van der Waals surface area contributed by atoms with Gasteiger partial charge < -0.3 is 5.32 Å². The molecular weight excluding hydrogens is 205 g/mol. The van der Waals surface area contributed by atoms with Crippen molar-refractivity contribution in [1.29, 1.82) is 0 Å². The Balaban J connectivity index is 2.35. The summed E-state index contributed by atoms with van der Waals surface area (Å²) in [4.78, 5) is 7.81. The molecule has 1 aromatic carbocycles. The van der Waals surface area contributed by atoms with Crippen molar-refractivity contribution >= 4 is 0 Å². The van der Waals surface area contributed by atoms with Crippen LogP contribution < -0.4 is 5.32 Å². The second-order valence-electron chi connectivity index (χ2n) is 3.46. The van der Waals surface area contributed by atoms with E-state index >= 15 is 0 Å². The lowest BCUT2D eigenvalue weighted by molar-refractivity contribution is 0.601. The molecule has 2 rings (SSSR count). The molecule has 0 aliphatic carbocycles. The number of benzene rings is 1. The van der Waals surface area contributed by atoms with Crippen LogP contribution in [0.1, 0.15) is 5.56 Å². The fourth-order valence-electron chi connectivity index (χ4n) is 1.51. The van der Waals surface area contributed by atoms with Crippen LogP contribution in [0.4, 0.5) is 4.39 Å². The summed E-state index contributed by atoms with van der Waals surface area (Å²) in [6, 6.07) is 5.15. The van der Waals surface area contributed by atoms with Crippen molar-refractivity contribution in [3.63, 3.8) is 0 Å². The van der Waals surface area contributed by atoms with Gasteiger partial charge in [0.15, 0.2) is 0 Å². The monoisotopic (exact) mass is 217 g/mol. The Morgan fingerprint density at radius 3 is 2.56 bits per heavy atom. The van der Waals surface area contributed by atoms with E-state index in [4.69, 9.17) is 0 Å². The van der Waals surface area contributed by atoms with Crippen LogP contribution in [-0.2, 0) is 6.54 Å². The van der Waals surface area contributed by atoms with E-state index in [0.717, 1.165) is 11.1 Å². The Kier molecular flexibility index (Phi) is 3.22. The molecule has 0 saturated carbocycles. The number of rotatable bonds is 3. The van der Waals surface area contributed by atoms with Gasteiger partial charge in [0.2, 0.25) is 0 Å². The third kappa shape index (κ3) is 2.23. The maximum absolute atomic E-state index is 13.6.